The summed E-state index contributed by atoms with van der Waals surface area (Å²) in [5.74, 6) is 0.168. The van der Waals surface area contributed by atoms with Crippen LogP contribution in [0.4, 0.5) is 10.5 Å². The van der Waals surface area contributed by atoms with Gasteiger partial charge in [0.1, 0.15) is 5.75 Å². The van der Waals surface area contributed by atoms with Crippen LogP contribution in [0.2, 0.25) is 5.02 Å². The van der Waals surface area contributed by atoms with Gasteiger partial charge in [0.15, 0.2) is 6.61 Å². The standard InChI is InChI=1S/C25H27ClN4O5/c1-34-22-7-6-17(26)12-16(22)13-28-23(32)15-35-25(33)30-10-8-21-19(14-30)24(27-9-11-31)18-4-2-3-5-20(18)29-21/h2-7,12,31H,8-11,13-15H2,1H3,(H,27,29)(H,28,32). The third kappa shape index (κ3) is 5.75. The Balaban J connectivity index is 1.38. The lowest BCUT2D eigenvalue weighted by Gasteiger charge is -2.30. The summed E-state index contributed by atoms with van der Waals surface area (Å²) in [4.78, 5) is 31.3. The van der Waals surface area contributed by atoms with Gasteiger partial charge in [-0.2, -0.15) is 0 Å². The first-order chi connectivity index (χ1) is 17.0. The highest BCUT2D eigenvalue weighted by Crippen LogP contribution is 2.32. The van der Waals surface area contributed by atoms with E-state index in [4.69, 9.17) is 26.1 Å². The van der Waals surface area contributed by atoms with Crippen molar-refractivity contribution < 1.29 is 24.2 Å². The van der Waals surface area contributed by atoms with Crippen LogP contribution in [0.25, 0.3) is 10.9 Å². The van der Waals surface area contributed by atoms with Crippen molar-refractivity contribution in [1.82, 2.24) is 15.2 Å². The van der Waals surface area contributed by atoms with Gasteiger partial charge in [-0.1, -0.05) is 29.8 Å². The fourth-order valence-electron chi connectivity index (χ4n) is 4.08. The zero-order valence-corrected chi connectivity index (χ0v) is 20.1. The summed E-state index contributed by atoms with van der Waals surface area (Å²) in [6.07, 6.45) is -0.0171. The SMILES string of the molecule is COc1ccc(Cl)cc1CNC(=O)COC(=O)N1CCc2nc3ccccc3c(NCCO)c2C1. The van der Waals surface area contributed by atoms with Gasteiger partial charge in [-0.3, -0.25) is 9.78 Å². The van der Waals surface area contributed by atoms with Gasteiger partial charge in [-0.15, -0.1) is 0 Å². The number of nitrogens with zero attached hydrogens (tertiary/aromatic N) is 2. The van der Waals surface area contributed by atoms with Crippen molar-refractivity contribution in [3.05, 3.63) is 64.3 Å². The molecule has 0 spiro atoms. The van der Waals surface area contributed by atoms with Gasteiger partial charge in [-0.25, -0.2) is 4.79 Å². The maximum Gasteiger partial charge on any atom is 0.410 e. The molecule has 0 bridgehead atoms. The summed E-state index contributed by atoms with van der Waals surface area (Å²) in [5, 5.41) is 16.7. The van der Waals surface area contributed by atoms with Crippen molar-refractivity contribution in [3.63, 3.8) is 0 Å². The van der Waals surface area contributed by atoms with E-state index in [0.717, 1.165) is 33.4 Å². The van der Waals surface area contributed by atoms with Gasteiger partial charge in [-0.05, 0) is 24.3 Å². The number of amides is 2. The predicted molar refractivity (Wildman–Crippen MR) is 133 cm³/mol. The molecule has 184 valence electrons. The Bertz CT molecular complexity index is 1240. The lowest BCUT2D eigenvalue weighted by molar-refractivity contribution is -0.124. The number of carbonyl (C=O) groups is 2. The van der Waals surface area contributed by atoms with Crippen molar-refractivity contribution in [1.29, 1.82) is 0 Å². The highest BCUT2D eigenvalue weighted by molar-refractivity contribution is 6.30. The molecule has 0 saturated carbocycles. The van der Waals surface area contributed by atoms with Crippen molar-refractivity contribution in [3.8, 4) is 5.75 Å². The first-order valence-corrected chi connectivity index (χ1v) is 11.6. The lowest BCUT2D eigenvalue weighted by atomic mass is 10.00. The topological polar surface area (TPSA) is 113 Å². The van der Waals surface area contributed by atoms with E-state index in [1.165, 1.54) is 7.11 Å². The molecule has 10 heteroatoms. The van der Waals surface area contributed by atoms with Gasteiger partial charge in [0.05, 0.1) is 31.5 Å². The quantitative estimate of drug-likeness (QED) is 0.437. The third-order valence-corrected chi connectivity index (χ3v) is 6.00. The maximum atomic E-state index is 12.7. The monoisotopic (exact) mass is 498 g/mol. The zero-order chi connectivity index (χ0) is 24.8. The van der Waals surface area contributed by atoms with Crippen LogP contribution < -0.4 is 15.4 Å². The smallest absolute Gasteiger partial charge is 0.410 e. The molecule has 0 atom stereocenters. The number of para-hydroxylation sites is 1. The average molecular weight is 499 g/mol. The minimum atomic E-state index is -0.576. The van der Waals surface area contributed by atoms with Crippen LogP contribution in [0.1, 0.15) is 16.8 Å². The highest BCUT2D eigenvalue weighted by Gasteiger charge is 2.26. The van der Waals surface area contributed by atoms with Crippen LogP contribution in [-0.2, 0) is 29.0 Å². The van der Waals surface area contributed by atoms with Gasteiger partial charge >= 0.3 is 6.09 Å². The number of nitrogens with one attached hydrogen (secondary N) is 2. The number of methoxy groups -OCH3 is 1. The summed E-state index contributed by atoms with van der Waals surface area (Å²) in [6, 6.07) is 12.9. The second-order valence-corrected chi connectivity index (χ2v) is 8.48. The van der Waals surface area contributed by atoms with Crippen molar-refractivity contribution in [2.75, 3.05) is 38.7 Å². The molecule has 4 rings (SSSR count). The molecule has 0 fully saturated rings. The number of pyridine rings is 1. The molecule has 1 aromatic heterocycles. The Labute approximate surface area is 208 Å². The van der Waals surface area contributed by atoms with E-state index >= 15 is 0 Å². The molecular formula is C25H27ClN4O5. The molecule has 1 aliphatic rings. The first kappa shape index (κ1) is 24.6. The molecule has 3 N–H and O–H groups in total. The van der Waals surface area contributed by atoms with E-state index in [0.29, 0.717) is 36.8 Å². The summed E-state index contributed by atoms with van der Waals surface area (Å²) in [7, 11) is 1.54. The second kappa shape index (κ2) is 11.2. The predicted octanol–water partition coefficient (Wildman–Crippen LogP) is 3.11. The van der Waals surface area contributed by atoms with Crippen LogP contribution in [-0.4, -0.2) is 60.4 Å². The highest BCUT2D eigenvalue weighted by atomic mass is 35.5. The molecule has 0 radical (unpaired) electrons. The normalized spacial score (nSPS) is 12.7. The third-order valence-electron chi connectivity index (χ3n) is 5.76. The van der Waals surface area contributed by atoms with E-state index in [1.54, 1.807) is 23.1 Å². The van der Waals surface area contributed by atoms with Crippen molar-refractivity contribution in [2.24, 2.45) is 0 Å². The summed E-state index contributed by atoms with van der Waals surface area (Å²) < 4.78 is 10.5. The van der Waals surface area contributed by atoms with E-state index < -0.39 is 18.6 Å². The van der Waals surface area contributed by atoms with Crippen molar-refractivity contribution >= 4 is 40.2 Å². The molecule has 9 nitrogen and oxygen atoms in total. The molecule has 2 aromatic carbocycles. The van der Waals surface area contributed by atoms with Gasteiger partial charge in [0, 0.05) is 53.3 Å². The molecule has 0 saturated heterocycles. The first-order valence-electron chi connectivity index (χ1n) is 11.3. The summed E-state index contributed by atoms with van der Waals surface area (Å²) in [6.45, 7) is 0.862. The minimum absolute atomic E-state index is 0.0205. The number of aromatic nitrogens is 1. The molecule has 2 heterocycles. The van der Waals surface area contributed by atoms with Crippen LogP contribution in [0.5, 0.6) is 5.75 Å². The Morgan fingerprint density at radius 3 is 2.86 bits per heavy atom. The molecule has 0 unspecified atom stereocenters. The van der Waals surface area contributed by atoms with Crippen molar-refractivity contribution in [2.45, 2.75) is 19.5 Å². The van der Waals surface area contributed by atoms with Gasteiger partial charge in [0.2, 0.25) is 0 Å². The lowest BCUT2D eigenvalue weighted by Crippen LogP contribution is -2.39. The molecule has 35 heavy (non-hydrogen) atoms. The van der Waals surface area contributed by atoms with Gasteiger partial charge < -0.3 is 30.1 Å². The molecule has 3 aromatic rings. The number of benzene rings is 2. The maximum absolute atomic E-state index is 12.7. The number of anilines is 1. The van der Waals surface area contributed by atoms with E-state index in [2.05, 4.69) is 10.6 Å². The van der Waals surface area contributed by atoms with Crippen LogP contribution >= 0.6 is 11.6 Å². The number of carbonyl (C=O) groups excluding carboxylic acids is 2. The van der Waals surface area contributed by atoms with Crippen LogP contribution in [0.3, 0.4) is 0 Å². The summed E-state index contributed by atoms with van der Waals surface area (Å²) in [5.41, 5.74) is 4.22. The molecule has 2 amide bonds. The number of rotatable bonds is 8. The molecule has 1 aliphatic heterocycles. The van der Waals surface area contributed by atoms with E-state index in [-0.39, 0.29) is 13.2 Å². The molecular weight excluding hydrogens is 472 g/mol. The number of aliphatic hydroxyl groups excluding tert-OH is 1. The number of hydrogen-bond donors (Lipinski definition) is 3. The largest absolute Gasteiger partial charge is 0.496 e. The average Bonchev–Trinajstić information content (AvgIpc) is 2.88. The van der Waals surface area contributed by atoms with Gasteiger partial charge in [0.25, 0.3) is 5.91 Å². The van der Waals surface area contributed by atoms with Crippen LogP contribution in [0.15, 0.2) is 42.5 Å². The Hall–Kier alpha value is -3.56. The number of aliphatic hydroxyl groups is 1. The number of halogens is 1. The fourth-order valence-corrected chi connectivity index (χ4v) is 4.27. The van der Waals surface area contributed by atoms with E-state index in [1.807, 2.05) is 24.3 Å². The minimum Gasteiger partial charge on any atom is -0.496 e. The Morgan fingerprint density at radius 2 is 2.06 bits per heavy atom. The Morgan fingerprint density at radius 1 is 1.23 bits per heavy atom. The second-order valence-electron chi connectivity index (χ2n) is 8.04. The Kier molecular flexibility index (Phi) is 7.89. The number of fused-ring (bicyclic) bond motifs is 2. The van der Waals surface area contributed by atoms with Crippen LogP contribution in [0, 0.1) is 0 Å². The van der Waals surface area contributed by atoms with E-state index in [9.17, 15) is 14.7 Å². The molecule has 0 aliphatic carbocycles. The number of hydrogen-bond acceptors (Lipinski definition) is 7. The zero-order valence-electron chi connectivity index (χ0n) is 19.3. The number of ether oxygens (including phenoxy) is 2. The summed E-state index contributed by atoms with van der Waals surface area (Å²) >= 11 is 6.02. The fraction of sp³-hybridized carbons (Fsp3) is 0.320.